The molecule has 3 N–H and O–H groups in total. The van der Waals surface area contributed by atoms with Crippen LogP contribution < -0.4 is 5.73 Å². The monoisotopic (exact) mass is 228 g/mol. The maximum Gasteiger partial charge on any atom is 0.326 e. The summed E-state index contributed by atoms with van der Waals surface area (Å²) in [4.78, 5) is 24.4. The molecular formula is C11H20N2O3. The Kier molecular flexibility index (Phi) is 3.57. The lowest BCUT2D eigenvalue weighted by Crippen LogP contribution is -2.46. The van der Waals surface area contributed by atoms with E-state index >= 15 is 0 Å². The van der Waals surface area contributed by atoms with Crippen LogP contribution in [0, 0.1) is 5.92 Å². The summed E-state index contributed by atoms with van der Waals surface area (Å²) in [5, 5.41) is 9.08. The standard InChI is InChI=1S/C11H20N2O3/c1-7-4-5-13(9(7)10(15)16)8(14)6-11(2,3)12/h7,9H,4-6,12H2,1-3H3,(H,15,16). The molecule has 2 atom stereocenters. The summed E-state index contributed by atoms with van der Waals surface area (Å²) in [5.41, 5.74) is 5.17. The lowest BCUT2D eigenvalue weighted by molar-refractivity contribution is -0.149. The lowest BCUT2D eigenvalue weighted by Gasteiger charge is -2.27. The third kappa shape index (κ3) is 2.95. The van der Waals surface area contributed by atoms with Crippen LogP contribution in [0.25, 0.3) is 0 Å². The molecule has 1 heterocycles. The van der Waals surface area contributed by atoms with Crippen LogP contribution in [-0.2, 0) is 9.59 Å². The zero-order valence-electron chi connectivity index (χ0n) is 10.1. The number of nitrogens with zero attached hydrogens (tertiary/aromatic N) is 1. The first kappa shape index (κ1) is 13.0. The highest BCUT2D eigenvalue weighted by Crippen LogP contribution is 2.25. The number of hydrogen-bond acceptors (Lipinski definition) is 3. The summed E-state index contributed by atoms with van der Waals surface area (Å²) < 4.78 is 0. The van der Waals surface area contributed by atoms with Crippen LogP contribution in [0.2, 0.25) is 0 Å². The fourth-order valence-corrected chi connectivity index (χ4v) is 2.09. The van der Waals surface area contributed by atoms with Crippen molar-refractivity contribution in [2.75, 3.05) is 6.54 Å². The summed E-state index contributed by atoms with van der Waals surface area (Å²) in [5.74, 6) is -1.07. The molecule has 2 unspecified atom stereocenters. The number of aliphatic carboxylic acids is 1. The van der Waals surface area contributed by atoms with Crippen molar-refractivity contribution in [3.8, 4) is 0 Å². The van der Waals surface area contributed by atoms with Gasteiger partial charge in [-0.3, -0.25) is 4.79 Å². The summed E-state index contributed by atoms with van der Waals surface area (Å²) in [6.07, 6.45) is 0.928. The first-order chi connectivity index (χ1) is 7.22. The fourth-order valence-electron chi connectivity index (χ4n) is 2.09. The van der Waals surface area contributed by atoms with E-state index in [-0.39, 0.29) is 18.2 Å². The Labute approximate surface area is 95.6 Å². The summed E-state index contributed by atoms with van der Waals surface area (Å²) >= 11 is 0. The quantitative estimate of drug-likeness (QED) is 0.734. The Morgan fingerprint density at radius 1 is 1.50 bits per heavy atom. The van der Waals surface area contributed by atoms with Crippen LogP contribution in [0.15, 0.2) is 0 Å². The molecule has 0 saturated carbocycles. The highest BCUT2D eigenvalue weighted by atomic mass is 16.4. The molecule has 0 aromatic heterocycles. The molecular weight excluding hydrogens is 208 g/mol. The fraction of sp³-hybridized carbons (Fsp3) is 0.818. The smallest absolute Gasteiger partial charge is 0.326 e. The molecule has 16 heavy (non-hydrogen) atoms. The first-order valence-electron chi connectivity index (χ1n) is 5.53. The number of likely N-dealkylation sites (tertiary alicyclic amines) is 1. The predicted octanol–water partition coefficient (Wildman–Crippen LogP) is 0.435. The molecule has 1 aliphatic heterocycles. The summed E-state index contributed by atoms with van der Waals surface area (Å²) in [6, 6.07) is -0.685. The number of rotatable bonds is 3. The molecule has 92 valence electrons. The van der Waals surface area contributed by atoms with Gasteiger partial charge in [0.2, 0.25) is 5.91 Å². The van der Waals surface area contributed by atoms with E-state index in [0.29, 0.717) is 6.54 Å². The maximum atomic E-state index is 11.9. The Hall–Kier alpha value is -1.10. The van der Waals surface area contributed by atoms with Crippen molar-refractivity contribution >= 4 is 11.9 Å². The van der Waals surface area contributed by atoms with Crippen molar-refractivity contribution in [1.82, 2.24) is 4.90 Å². The Morgan fingerprint density at radius 2 is 2.06 bits per heavy atom. The third-order valence-corrected chi connectivity index (χ3v) is 2.88. The Bertz CT molecular complexity index is 296. The lowest BCUT2D eigenvalue weighted by atomic mass is 10.00. The molecule has 0 spiro atoms. The van der Waals surface area contributed by atoms with Crippen LogP contribution in [-0.4, -0.2) is 40.0 Å². The van der Waals surface area contributed by atoms with E-state index in [4.69, 9.17) is 10.8 Å². The summed E-state index contributed by atoms with van der Waals surface area (Å²) in [6.45, 7) is 5.91. The van der Waals surface area contributed by atoms with Gasteiger partial charge in [0.25, 0.3) is 0 Å². The van der Waals surface area contributed by atoms with E-state index in [2.05, 4.69) is 0 Å². The van der Waals surface area contributed by atoms with Gasteiger partial charge in [0.05, 0.1) is 0 Å². The molecule has 1 aliphatic rings. The molecule has 0 aromatic carbocycles. The van der Waals surface area contributed by atoms with Gasteiger partial charge in [0.1, 0.15) is 6.04 Å². The van der Waals surface area contributed by atoms with E-state index < -0.39 is 17.6 Å². The Morgan fingerprint density at radius 3 is 2.50 bits per heavy atom. The van der Waals surface area contributed by atoms with Gasteiger partial charge in [-0.2, -0.15) is 0 Å². The highest BCUT2D eigenvalue weighted by molar-refractivity contribution is 5.85. The van der Waals surface area contributed by atoms with Gasteiger partial charge >= 0.3 is 5.97 Å². The first-order valence-corrected chi connectivity index (χ1v) is 5.53. The molecule has 0 aromatic rings. The molecule has 5 nitrogen and oxygen atoms in total. The van der Waals surface area contributed by atoms with Crippen molar-refractivity contribution in [3.05, 3.63) is 0 Å². The SMILES string of the molecule is CC1CCN(C(=O)CC(C)(C)N)C1C(=O)O. The van der Waals surface area contributed by atoms with Gasteiger partial charge in [-0.1, -0.05) is 6.92 Å². The van der Waals surface area contributed by atoms with Gasteiger partial charge < -0.3 is 15.7 Å². The molecule has 1 rings (SSSR count). The molecule has 1 saturated heterocycles. The zero-order valence-corrected chi connectivity index (χ0v) is 10.1. The van der Waals surface area contributed by atoms with Gasteiger partial charge in [0, 0.05) is 18.5 Å². The highest BCUT2D eigenvalue weighted by Gasteiger charge is 2.40. The molecule has 0 aliphatic carbocycles. The number of carbonyl (C=O) groups excluding carboxylic acids is 1. The van der Waals surface area contributed by atoms with Gasteiger partial charge in [-0.15, -0.1) is 0 Å². The van der Waals surface area contributed by atoms with Crippen molar-refractivity contribution < 1.29 is 14.7 Å². The van der Waals surface area contributed by atoms with E-state index in [1.807, 2.05) is 6.92 Å². The predicted molar refractivity (Wildman–Crippen MR) is 59.8 cm³/mol. The zero-order chi connectivity index (χ0) is 12.5. The van der Waals surface area contributed by atoms with Crippen LogP contribution >= 0.6 is 0 Å². The van der Waals surface area contributed by atoms with Crippen molar-refractivity contribution in [3.63, 3.8) is 0 Å². The van der Waals surface area contributed by atoms with Gasteiger partial charge in [-0.25, -0.2) is 4.79 Å². The topological polar surface area (TPSA) is 83.6 Å². The van der Waals surface area contributed by atoms with Crippen LogP contribution in [0.4, 0.5) is 0 Å². The number of amides is 1. The molecule has 5 heteroatoms. The maximum absolute atomic E-state index is 11.9. The van der Waals surface area contributed by atoms with Crippen molar-refractivity contribution in [2.45, 2.75) is 45.2 Å². The molecule has 0 bridgehead atoms. The van der Waals surface area contributed by atoms with Crippen LogP contribution in [0.1, 0.15) is 33.6 Å². The number of hydrogen-bond donors (Lipinski definition) is 2. The van der Waals surface area contributed by atoms with E-state index in [9.17, 15) is 9.59 Å². The minimum absolute atomic E-state index is 0.0161. The van der Waals surface area contributed by atoms with Gasteiger partial charge in [-0.05, 0) is 26.2 Å². The molecule has 1 fully saturated rings. The Balaban J connectivity index is 2.73. The van der Waals surface area contributed by atoms with E-state index in [1.165, 1.54) is 4.90 Å². The van der Waals surface area contributed by atoms with Crippen LogP contribution in [0.5, 0.6) is 0 Å². The molecule has 1 amide bonds. The number of carboxylic acids is 1. The average Bonchev–Trinajstić information content (AvgIpc) is 2.43. The minimum Gasteiger partial charge on any atom is -0.480 e. The minimum atomic E-state index is -0.923. The number of nitrogens with two attached hydrogens (primary N) is 1. The molecule has 0 radical (unpaired) electrons. The largest absolute Gasteiger partial charge is 0.480 e. The van der Waals surface area contributed by atoms with E-state index in [0.717, 1.165) is 6.42 Å². The second kappa shape index (κ2) is 4.41. The third-order valence-electron chi connectivity index (χ3n) is 2.88. The van der Waals surface area contributed by atoms with Crippen molar-refractivity contribution in [2.24, 2.45) is 11.7 Å². The van der Waals surface area contributed by atoms with Gasteiger partial charge in [0.15, 0.2) is 0 Å². The summed E-state index contributed by atoms with van der Waals surface area (Å²) in [7, 11) is 0. The second-order valence-corrected chi connectivity index (χ2v) is 5.30. The van der Waals surface area contributed by atoms with Crippen LogP contribution in [0.3, 0.4) is 0 Å². The van der Waals surface area contributed by atoms with Crippen molar-refractivity contribution in [1.29, 1.82) is 0 Å². The van der Waals surface area contributed by atoms with E-state index in [1.54, 1.807) is 13.8 Å². The number of carboxylic acid groups (broad SMARTS) is 1. The average molecular weight is 228 g/mol. The number of carbonyl (C=O) groups is 2. The second-order valence-electron chi connectivity index (χ2n) is 5.30. The normalized spacial score (nSPS) is 25.9.